The van der Waals surface area contributed by atoms with Crippen molar-refractivity contribution in [2.24, 2.45) is 5.92 Å². The van der Waals surface area contributed by atoms with Crippen LogP contribution < -0.4 is 10.6 Å². The van der Waals surface area contributed by atoms with Gasteiger partial charge in [-0.15, -0.1) is 0 Å². The molecular formula is C14H26N2O. The molecule has 17 heavy (non-hydrogen) atoms. The lowest BCUT2D eigenvalue weighted by Crippen LogP contribution is -2.50. The van der Waals surface area contributed by atoms with Crippen molar-refractivity contribution in [2.45, 2.75) is 70.4 Å². The third kappa shape index (κ3) is 3.98. The summed E-state index contributed by atoms with van der Waals surface area (Å²) >= 11 is 0. The largest absolute Gasteiger partial charge is 0.355 e. The van der Waals surface area contributed by atoms with Gasteiger partial charge >= 0.3 is 0 Å². The third-order valence-electron chi connectivity index (χ3n) is 4.26. The number of hydrogen-bond donors (Lipinski definition) is 2. The van der Waals surface area contributed by atoms with Crippen LogP contribution in [0.1, 0.15) is 58.3 Å². The van der Waals surface area contributed by atoms with Crippen molar-refractivity contribution < 1.29 is 4.79 Å². The molecule has 2 aliphatic rings. The van der Waals surface area contributed by atoms with E-state index in [1.165, 1.54) is 44.9 Å². The monoisotopic (exact) mass is 238 g/mol. The molecule has 0 aromatic heterocycles. The highest BCUT2D eigenvalue weighted by atomic mass is 16.2. The lowest BCUT2D eigenvalue weighted by Gasteiger charge is -2.27. The van der Waals surface area contributed by atoms with Crippen LogP contribution in [0.4, 0.5) is 0 Å². The van der Waals surface area contributed by atoms with Gasteiger partial charge in [0, 0.05) is 12.6 Å². The number of piperidine rings is 1. The molecule has 1 amide bonds. The van der Waals surface area contributed by atoms with Gasteiger partial charge in [0.1, 0.15) is 0 Å². The van der Waals surface area contributed by atoms with Crippen molar-refractivity contribution in [3.8, 4) is 0 Å². The molecule has 1 saturated heterocycles. The Morgan fingerprint density at radius 3 is 2.65 bits per heavy atom. The van der Waals surface area contributed by atoms with Gasteiger partial charge in [-0.2, -0.15) is 0 Å². The van der Waals surface area contributed by atoms with E-state index in [1.807, 2.05) is 0 Å². The van der Waals surface area contributed by atoms with Gasteiger partial charge in [-0.25, -0.2) is 0 Å². The molecule has 3 heteroatoms. The fourth-order valence-corrected chi connectivity index (χ4v) is 3.17. The second-order valence-corrected chi connectivity index (χ2v) is 5.78. The van der Waals surface area contributed by atoms with E-state index >= 15 is 0 Å². The Hall–Kier alpha value is -0.570. The van der Waals surface area contributed by atoms with Gasteiger partial charge in [-0.3, -0.25) is 4.79 Å². The van der Waals surface area contributed by atoms with E-state index in [9.17, 15) is 4.79 Å². The van der Waals surface area contributed by atoms with Crippen molar-refractivity contribution in [3.05, 3.63) is 0 Å². The van der Waals surface area contributed by atoms with E-state index in [0.29, 0.717) is 6.04 Å². The Balaban J connectivity index is 1.62. The average Bonchev–Trinajstić information content (AvgIpc) is 2.82. The summed E-state index contributed by atoms with van der Waals surface area (Å²) in [5.74, 6) is 1.09. The van der Waals surface area contributed by atoms with E-state index in [4.69, 9.17) is 0 Å². The topological polar surface area (TPSA) is 41.1 Å². The summed E-state index contributed by atoms with van der Waals surface area (Å²) in [6, 6.07) is 0.552. The molecule has 0 bridgehead atoms. The predicted octanol–water partition coefficient (Wildman–Crippen LogP) is 2.21. The minimum absolute atomic E-state index is 0.0577. The molecular weight excluding hydrogens is 212 g/mol. The maximum Gasteiger partial charge on any atom is 0.237 e. The number of carbonyl (C=O) groups is 1. The number of amides is 1. The minimum Gasteiger partial charge on any atom is -0.355 e. The predicted molar refractivity (Wildman–Crippen MR) is 69.8 cm³/mol. The summed E-state index contributed by atoms with van der Waals surface area (Å²) in [5, 5.41) is 6.48. The zero-order valence-corrected chi connectivity index (χ0v) is 11.0. The van der Waals surface area contributed by atoms with Crippen LogP contribution in [-0.4, -0.2) is 24.5 Å². The Kier molecular flexibility index (Phi) is 4.84. The van der Waals surface area contributed by atoms with Gasteiger partial charge in [0.05, 0.1) is 6.04 Å². The van der Waals surface area contributed by atoms with Crippen molar-refractivity contribution >= 4 is 5.91 Å². The molecule has 0 aromatic rings. The molecule has 0 aromatic carbocycles. The van der Waals surface area contributed by atoms with Crippen molar-refractivity contribution in [1.82, 2.24) is 10.6 Å². The summed E-state index contributed by atoms with van der Waals surface area (Å²) in [4.78, 5) is 11.9. The van der Waals surface area contributed by atoms with Crippen molar-refractivity contribution in [3.63, 3.8) is 0 Å². The van der Waals surface area contributed by atoms with Crippen LogP contribution in [0.5, 0.6) is 0 Å². The molecule has 2 unspecified atom stereocenters. The number of rotatable bonds is 4. The fraction of sp³-hybridized carbons (Fsp3) is 0.929. The van der Waals surface area contributed by atoms with E-state index in [2.05, 4.69) is 17.6 Å². The molecule has 2 rings (SSSR count). The SMILES string of the molecule is CC1CCCC(C(=O)NCCC2CCCC2)N1. The molecule has 1 aliphatic carbocycles. The molecule has 1 aliphatic heterocycles. The molecule has 2 fully saturated rings. The minimum atomic E-state index is 0.0577. The van der Waals surface area contributed by atoms with Crippen molar-refractivity contribution in [2.75, 3.05) is 6.54 Å². The summed E-state index contributed by atoms with van der Waals surface area (Å²) in [6.07, 6.45) is 10.1. The second-order valence-electron chi connectivity index (χ2n) is 5.78. The Labute approximate surface area is 105 Å². The average molecular weight is 238 g/mol. The summed E-state index contributed by atoms with van der Waals surface area (Å²) in [7, 11) is 0. The maximum atomic E-state index is 11.9. The molecule has 3 nitrogen and oxygen atoms in total. The van der Waals surface area contributed by atoms with Gasteiger partial charge in [-0.1, -0.05) is 25.7 Å². The van der Waals surface area contributed by atoms with E-state index in [1.54, 1.807) is 0 Å². The first kappa shape index (κ1) is 12.9. The van der Waals surface area contributed by atoms with Gasteiger partial charge < -0.3 is 10.6 Å². The molecule has 0 spiro atoms. The van der Waals surface area contributed by atoms with E-state index < -0.39 is 0 Å². The van der Waals surface area contributed by atoms with Gasteiger partial charge in [-0.05, 0) is 38.5 Å². The second kappa shape index (κ2) is 6.39. The van der Waals surface area contributed by atoms with Crippen LogP contribution in [0.15, 0.2) is 0 Å². The fourth-order valence-electron chi connectivity index (χ4n) is 3.17. The maximum absolute atomic E-state index is 11.9. The smallest absolute Gasteiger partial charge is 0.237 e. The van der Waals surface area contributed by atoms with Crippen LogP contribution in [0, 0.1) is 5.92 Å². The first-order chi connectivity index (χ1) is 8.25. The Morgan fingerprint density at radius 2 is 1.94 bits per heavy atom. The summed E-state index contributed by atoms with van der Waals surface area (Å²) in [6.45, 7) is 3.04. The lowest BCUT2D eigenvalue weighted by molar-refractivity contribution is -0.124. The van der Waals surface area contributed by atoms with Crippen LogP contribution in [-0.2, 0) is 4.79 Å². The highest BCUT2D eigenvalue weighted by Crippen LogP contribution is 2.26. The molecule has 2 N–H and O–H groups in total. The highest BCUT2D eigenvalue weighted by molar-refractivity contribution is 5.81. The number of hydrogen-bond acceptors (Lipinski definition) is 2. The Bertz CT molecular complexity index is 249. The zero-order valence-electron chi connectivity index (χ0n) is 11.0. The van der Waals surface area contributed by atoms with E-state index in [0.717, 1.165) is 18.9 Å². The molecule has 2 atom stereocenters. The normalized spacial score (nSPS) is 30.4. The summed E-state index contributed by atoms with van der Waals surface area (Å²) in [5.41, 5.74) is 0. The zero-order chi connectivity index (χ0) is 12.1. The molecule has 1 heterocycles. The Morgan fingerprint density at radius 1 is 1.18 bits per heavy atom. The van der Waals surface area contributed by atoms with E-state index in [-0.39, 0.29) is 11.9 Å². The van der Waals surface area contributed by atoms with Gasteiger partial charge in [0.15, 0.2) is 0 Å². The quantitative estimate of drug-likeness (QED) is 0.788. The highest BCUT2D eigenvalue weighted by Gasteiger charge is 2.24. The summed E-state index contributed by atoms with van der Waals surface area (Å²) < 4.78 is 0. The number of carbonyl (C=O) groups excluding carboxylic acids is 1. The first-order valence-electron chi connectivity index (χ1n) is 7.29. The number of nitrogens with one attached hydrogen (secondary N) is 2. The van der Waals surface area contributed by atoms with Crippen LogP contribution in [0.2, 0.25) is 0 Å². The van der Waals surface area contributed by atoms with Crippen molar-refractivity contribution in [1.29, 1.82) is 0 Å². The van der Waals surface area contributed by atoms with Gasteiger partial charge in [0.2, 0.25) is 5.91 Å². The molecule has 1 saturated carbocycles. The third-order valence-corrected chi connectivity index (χ3v) is 4.26. The van der Waals surface area contributed by atoms with Gasteiger partial charge in [0.25, 0.3) is 0 Å². The van der Waals surface area contributed by atoms with Crippen LogP contribution in [0.3, 0.4) is 0 Å². The molecule has 98 valence electrons. The molecule has 0 radical (unpaired) electrons. The van der Waals surface area contributed by atoms with Crippen LogP contribution >= 0.6 is 0 Å². The standard InChI is InChI=1S/C14H26N2O/c1-11-5-4-8-13(16-11)14(17)15-10-9-12-6-2-3-7-12/h11-13,16H,2-10H2,1H3,(H,15,17). The first-order valence-corrected chi connectivity index (χ1v) is 7.29. The lowest BCUT2D eigenvalue weighted by atomic mass is 9.99. The van der Waals surface area contributed by atoms with Crippen LogP contribution in [0.25, 0.3) is 0 Å².